The van der Waals surface area contributed by atoms with Gasteiger partial charge in [0.05, 0.1) is 88.7 Å². The van der Waals surface area contributed by atoms with Gasteiger partial charge in [-0.2, -0.15) is 36.5 Å². The second-order valence-corrected chi connectivity index (χ2v) is 21.9. The Hall–Kier alpha value is -8.02. The molecule has 6 heterocycles. The van der Waals surface area contributed by atoms with Crippen molar-refractivity contribution in [3.8, 4) is 33.9 Å². The maximum atomic E-state index is 13.7. The summed E-state index contributed by atoms with van der Waals surface area (Å²) < 4.78 is 136. The first-order chi connectivity index (χ1) is 38.4. The number of nitrogens with one attached hydrogen (secondary N) is 3. The molecule has 10 aromatic rings. The molecule has 0 atom stereocenters. The number of aromatic nitrogens is 10. The van der Waals surface area contributed by atoms with Crippen molar-refractivity contribution < 1.29 is 53.4 Å². The van der Waals surface area contributed by atoms with E-state index >= 15 is 0 Å². The maximum absolute atomic E-state index is 13.7. The molecule has 10 rings (SSSR count). The maximum Gasteiger partial charge on any atom is 0.416 e. The minimum Gasteiger partial charge on any atom is -0.396 e. The molecule has 20 nitrogen and oxygen atoms in total. The molecule has 0 bridgehead atoms. The van der Waals surface area contributed by atoms with Crippen molar-refractivity contribution in [3.05, 3.63) is 141 Å². The van der Waals surface area contributed by atoms with Crippen molar-refractivity contribution in [2.45, 2.75) is 74.0 Å². The summed E-state index contributed by atoms with van der Waals surface area (Å²) in [6.45, 7) is 2.79. The average Bonchev–Trinajstić information content (AvgIpc) is 4.21. The number of pyridine rings is 2. The molecule has 0 fully saturated rings. The van der Waals surface area contributed by atoms with Crippen LogP contribution in [0.2, 0.25) is 0 Å². The van der Waals surface area contributed by atoms with Crippen LogP contribution in [0, 0.1) is 0 Å². The van der Waals surface area contributed by atoms with Crippen LogP contribution in [0.1, 0.15) is 63.0 Å². The number of H-pyrrole nitrogens is 2. The Bertz CT molecular complexity index is 4240. The summed E-state index contributed by atoms with van der Waals surface area (Å²) in [5.41, 5.74) is -0.591. The van der Waals surface area contributed by atoms with Crippen molar-refractivity contribution in [2.75, 3.05) is 19.8 Å². The lowest BCUT2D eigenvalue weighted by atomic mass is 10.0. The molecule has 0 aliphatic rings. The fourth-order valence-electron chi connectivity index (χ4n) is 8.78. The molecular formula is C53H54F6N12O8S2. The summed E-state index contributed by atoms with van der Waals surface area (Å²) in [5, 5.41) is 37.7. The number of aromatic amines is 2. The van der Waals surface area contributed by atoms with Crippen LogP contribution in [-0.4, -0.2) is 95.9 Å². The highest BCUT2D eigenvalue weighted by Gasteiger charge is 2.33. The Morgan fingerprint density at radius 3 is 1.41 bits per heavy atom. The van der Waals surface area contributed by atoms with Gasteiger partial charge < -0.3 is 10.2 Å². The number of halogens is 6. The first-order valence-corrected chi connectivity index (χ1v) is 28.1. The molecule has 6 aromatic heterocycles. The Kier molecular flexibility index (Phi) is 17.5. The molecule has 0 saturated heterocycles. The number of sulfonamides is 2. The van der Waals surface area contributed by atoms with E-state index in [4.69, 9.17) is 15.4 Å². The first kappa shape index (κ1) is 59.1. The lowest BCUT2D eigenvalue weighted by Gasteiger charge is -2.09. The van der Waals surface area contributed by atoms with Crippen molar-refractivity contribution in [1.82, 2.24) is 53.8 Å². The van der Waals surface area contributed by atoms with E-state index in [0.717, 1.165) is 35.4 Å². The summed E-state index contributed by atoms with van der Waals surface area (Å²) in [4.78, 5) is 36.0. The highest BCUT2D eigenvalue weighted by Crippen LogP contribution is 2.37. The minimum absolute atomic E-state index is 0.00328. The molecule has 0 aliphatic carbocycles. The number of fused-ring (bicyclic) bond motifs is 6. The molecule has 0 aliphatic heterocycles. The number of primary sulfonamides is 1. The van der Waals surface area contributed by atoms with E-state index in [9.17, 15) is 52.8 Å². The van der Waals surface area contributed by atoms with E-state index in [1.807, 2.05) is 0 Å². The van der Waals surface area contributed by atoms with Crippen molar-refractivity contribution in [3.63, 3.8) is 0 Å². The monoisotopic (exact) mass is 1160 g/mol. The molecular weight excluding hydrogens is 1110 g/mol. The Morgan fingerprint density at radius 2 is 1.01 bits per heavy atom. The van der Waals surface area contributed by atoms with Crippen molar-refractivity contribution >= 4 is 63.9 Å². The predicted octanol–water partition coefficient (Wildman–Crippen LogP) is 8.22. The van der Waals surface area contributed by atoms with Crippen LogP contribution in [-0.2, 0) is 46.5 Å². The van der Waals surface area contributed by atoms with E-state index < -0.39 is 54.6 Å². The van der Waals surface area contributed by atoms with Gasteiger partial charge in [-0.1, -0.05) is 50.5 Å². The lowest BCUT2D eigenvalue weighted by molar-refractivity contribution is -0.138. The van der Waals surface area contributed by atoms with Gasteiger partial charge in [0.15, 0.2) is 11.3 Å². The molecule has 0 unspecified atom stereocenters. The molecule has 0 radical (unpaired) electrons. The molecule has 428 valence electrons. The number of hydrogen-bond acceptors (Lipinski definition) is 12. The number of aliphatic hydroxyl groups is 2. The summed E-state index contributed by atoms with van der Waals surface area (Å²) in [7, 11) is -4.47. The minimum atomic E-state index is -4.58. The normalized spacial score (nSPS) is 12.3. The van der Waals surface area contributed by atoms with E-state index in [-0.39, 0.29) is 56.2 Å². The standard InChI is InChI=1S/C26H25F3N6O4S.C21H15F3N6O3S.C6H14O/c1-34-24-20(15-30-34)23-21(22(32-24)16-6-5-7-17(14-16)26(27,28)29)25(37)35(33-23)18-8-10-19(11-9-18)40(38,39)31-12-3-2-4-13-36;1-29-19-15(10-26-29)18-16(17(27-19)11-3-2-4-12(9-11)21(22,23)24)20(31)30(28-18)13-5-7-14(8-6-13)34(25,32)33;1-2-3-4-5-6-7/h5-11,14-15,31,33,36H,2-4,12-13H2,1H3;2-10,28H,1H3,(H2,25,32,33);7H,2-6H2,1H3. The lowest BCUT2D eigenvalue weighted by Crippen LogP contribution is -2.25. The molecule has 0 spiro atoms. The zero-order chi connectivity index (χ0) is 58.6. The third kappa shape index (κ3) is 12.8. The number of rotatable bonds is 16. The highest BCUT2D eigenvalue weighted by molar-refractivity contribution is 7.89. The van der Waals surface area contributed by atoms with Gasteiger partial charge in [0.1, 0.15) is 0 Å². The quantitative estimate of drug-likeness (QED) is 0.0394. The molecule has 81 heavy (non-hydrogen) atoms. The number of unbranched alkanes of at least 4 members (excludes halogenated alkanes) is 5. The van der Waals surface area contributed by atoms with E-state index in [1.54, 1.807) is 14.1 Å². The highest BCUT2D eigenvalue weighted by atomic mass is 32.2. The largest absolute Gasteiger partial charge is 0.416 e. The number of aryl methyl sites for hydroxylation is 2. The topological polar surface area (TPSA) is 284 Å². The zero-order valence-corrected chi connectivity index (χ0v) is 45.2. The number of benzene rings is 4. The third-order valence-corrected chi connectivity index (χ3v) is 15.3. The van der Waals surface area contributed by atoms with Crippen LogP contribution in [0.3, 0.4) is 0 Å². The molecule has 4 aromatic carbocycles. The fourth-order valence-corrected chi connectivity index (χ4v) is 10.4. The fraction of sp³-hybridized carbons (Fsp3) is 0.283. The molecule has 28 heteroatoms. The third-order valence-electron chi connectivity index (χ3n) is 12.9. The summed E-state index contributed by atoms with van der Waals surface area (Å²) in [6, 6.07) is 20.0. The van der Waals surface area contributed by atoms with Gasteiger partial charge in [-0.05, 0) is 98.5 Å². The van der Waals surface area contributed by atoms with Crippen LogP contribution in [0.15, 0.2) is 129 Å². The van der Waals surface area contributed by atoms with Crippen LogP contribution in [0.4, 0.5) is 26.3 Å². The number of hydrogen-bond donors (Lipinski definition) is 6. The number of nitrogens with zero attached hydrogens (tertiary/aromatic N) is 8. The van der Waals surface area contributed by atoms with Crippen LogP contribution < -0.4 is 21.0 Å². The number of nitrogens with two attached hydrogens (primary N) is 1. The molecule has 7 N–H and O–H groups in total. The number of aliphatic hydroxyl groups excluding tert-OH is 2. The zero-order valence-electron chi connectivity index (χ0n) is 43.5. The number of alkyl halides is 6. The van der Waals surface area contributed by atoms with Crippen LogP contribution in [0.5, 0.6) is 0 Å². The summed E-state index contributed by atoms with van der Waals surface area (Å²) >= 11 is 0. The second kappa shape index (κ2) is 24.0. The first-order valence-electron chi connectivity index (χ1n) is 25.1. The smallest absolute Gasteiger partial charge is 0.396 e. The molecule has 0 amide bonds. The summed E-state index contributed by atoms with van der Waals surface area (Å²) in [6.07, 6.45) is 0.368. The van der Waals surface area contributed by atoms with Crippen LogP contribution in [0.25, 0.3) is 77.8 Å². The predicted molar refractivity (Wildman–Crippen MR) is 292 cm³/mol. The SMILES string of the molecule is CCCCCCO.Cn1ncc2c3[nH]n(-c4ccc(S(=O)(=O)NCCCCCO)cc4)c(=O)c3c(-c3cccc(C(F)(F)F)c3)nc21.Cn1ncc2c3[nH]n(-c4ccc(S(N)(=O)=O)cc4)c(=O)c3c(-c3cccc(C(F)(F)F)c3)nc21. The Morgan fingerprint density at radius 1 is 0.593 bits per heavy atom. The van der Waals surface area contributed by atoms with E-state index in [2.05, 4.69) is 42.0 Å². The summed E-state index contributed by atoms with van der Waals surface area (Å²) in [5.74, 6) is 0. The average molecular weight is 1170 g/mol. The second-order valence-electron chi connectivity index (χ2n) is 18.6. The van der Waals surface area contributed by atoms with Gasteiger partial charge >= 0.3 is 12.4 Å². The Balaban J connectivity index is 0.000000192. The van der Waals surface area contributed by atoms with Gasteiger partial charge in [-0.3, -0.25) is 29.2 Å². The van der Waals surface area contributed by atoms with E-state index in [0.29, 0.717) is 70.3 Å². The van der Waals surface area contributed by atoms with Gasteiger partial charge in [-0.15, -0.1) is 0 Å². The van der Waals surface area contributed by atoms with Gasteiger partial charge in [0, 0.05) is 45.0 Å². The molecule has 0 saturated carbocycles. The van der Waals surface area contributed by atoms with Gasteiger partial charge in [-0.25, -0.2) is 46.0 Å². The van der Waals surface area contributed by atoms with Crippen molar-refractivity contribution in [1.29, 1.82) is 0 Å². The van der Waals surface area contributed by atoms with Gasteiger partial charge in [0.2, 0.25) is 20.0 Å². The van der Waals surface area contributed by atoms with Gasteiger partial charge in [0.25, 0.3) is 11.1 Å². The Labute approximate surface area is 457 Å². The van der Waals surface area contributed by atoms with Crippen molar-refractivity contribution in [2.24, 2.45) is 19.2 Å². The van der Waals surface area contributed by atoms with Crippen LogP contribution >= 0.6 is 0 Å². The van der Waals surface area contributed by atoms with E-state index in [1.165, 1.54) is 118 Å².